The van der Waals surface area contributed by atoms with E-state index in [-0.39, 0.29) is 11.1 Å². The number of aromatic nitrogens is 1. The molecule has 1 aliphatic rings. The third-order valence-electron chi connectivity index (χ3n) is 2.56. The maximum Gasteiger partial charge on any atom is 0.0326 e. The first kappa shape index (κ1) is 9.03. The molecular formula is C10H16N2S. The highest BCUT2D eigenvalue weighted by molar-refractivity contribution is 8.13. The second-order valence-electron chi connectivity index (χ2n) is 3.63. The van der Waals surface area contributed by atoms with Gasteiger partial charge >= 0.3 is 0 Å². The van der Waals surface area contributed by atoms with Crippen molar-refractivity contribution in [3.63, 3.8) is 0 Å². The van der Waals surface area contributed by atoms with Gasteiger partial charge in [-0.25, -0.2) is 11.1 Å². The Kier molecular flexibility index (Phi) is 2.56. The van der Waals surface area contributed by atoms with Crippen LogP contribution in [-0.2, 0) is 13.0 Å². The molecule has 0 aliphatic carbocycles. The van der Waals surface area contributed by atoms with Crippen molar-refractivity contribution in [3.05, 3.63) is 29.6 Å². The van der Waals surface area contributed by atoms with Gasteiger partial charge in [0.2, 0.25) is 0 Å². The van der Waals surface area contributed by atoms with Gasteiger partial charge in [0.1, 0.15) is 0 Å². The molecule has 0 bridgehead atoms. The summed E-state index contributed by atoms with van der Waals surface area (Å²) in [6, 6.07) is 2.15. The largest absolute Gasteiger partial charge is 0.266 e. The van der Waals surface area contributed by atoms with Gasteiger partial charge in [-0.05, 0) is 36.1 Å². The lowest BCUT2D eigenvalue weighted by atomic mass is 10.0. The molecule has 1 aromatic heterocycles. The summed E-state index contributed by atoms with van der Waals surface area (Å²) in [5, 5.41) is 0. The molecule has 2 nitrogen and oxygen atoms in total. The minimum Gasteiger partial charge on any atom is -0.266 e. The molecule has 0 aromatic carbocycles. The maximum absolute atomic E-state index is 4.15. The average molecular weight is 196 g/mol. The fourth-order valence-corrected chi connectivity index (χ4v) is 2.64. The maximum atomic E-state index is 4.15. The van der Waals surface area contributed by atoms with E-state index in [0.717, 1.165) is 6.54 Å². The van der Waals surface area contributed by atoms with Crippen molar-refractivity contribution in [2.75, 3.05) is 19.1 Å². The van der Waals surface area contributed by atoms with Gasteiger partial charge in [-0.1, -0.05) is 0 Å². The molecule has 0 fully saturated rings. The van der Waals surface area contributed by atoms with Crippen LogP contribution in [0.4, 0.5) is 0 Å². The molecule has 1 aromatic rings. The molecule has 0 amide bonds. The predicted octanol–water partition coefficient (Wildman–Crippen LogP) is 1.62. The summed E-state index contributed by atoms with van der Waals surface area (Å²) >= 11 is 0.0698. The number of hydrogen-bond acceptors (Lipinski definition) is 2. The van der Waals surface area contributed by atoms with Crippen LogP contribution >= 0.6 is 11.1 Å². The molecule has 0 unspecified atom stereocenters. The van der Waals surface area contributed by atoms with E-state index in [0.29, 0.717) is 0 Å². The van der Waals surface area contributed by atoms with Crippen LogP contribution in [0.3, 0.4) is 0 Å². The molecule has 0 atom stereocenters. The number of pyridine rings is 1. The molecule has 1 aliphatic heterocycles. The lowest BCUT2D eigenvalue weighted by molar-refractivity contribution is 0.440. The van der Waals surface area contributed by atoms with E-state index in [1.807, 2.05) is 12.4 Å². The Balaban J connectivity index is 2.20. The van der Waals surface area contributed by atoms with Crippen LogP contribution in [-0.4, -0.2) is 28.3 Å². The van der Waals surface area contributed by atoms with Crippen molar-refractivity contribution in [3.8, 4) is 0 Å². The minimum absolute atomic E-state index is 0.0698. The lowest BCUT2D eigenvalue weighted by Gasteiger charge is -2.33. The highest BCUT2D eigenvalue weighted by atomic mass is 32.2. The minimum atomic E-state index is 0.0698. The van der Waals surface area contributed by atoms with Crippen LogP contribution in [0.2, 0.25) is 0 Å². The first-order valence-electron chi connectivity index (χ1n) is 4.61. The van der Waals surface area contributed by atoms with Gasteiger partial charge in [0.05, 0.1) is 0 Å². The van der Waals surface area contributed by atoms with Crippen LogP contribution in [0.25, 0.3) is 0 Å². The van der Waals surface area contributed by atoms with Gasteiger partial charge in [0.25, 0.3) is 0 Å². The van der Waals surface area contributed by atoms with Crippen molar-refractivity contribution in [2.45, 2.75) is 13.0 Å². The Hall–Kier alpha value is -0.540. The zero-order chi connectivity index (χ0) is 9.26. The van der Waals surface area contributed by atoms with Gasteiger partial charge in [-0.2, -0.15) is 0 Å². The van der Waals surface area contributed by atoms with Gasteiger partial charge in [-0.3, -0.25) is 9.29 Å². The monoisotopic (exact) mass is 196 g/mol. The van der Waals surface area contributed by atoms with Gasteiger partial charge in [-0.15, -0.1) is 0 Å². The Morgan fingerprint density at radius 1 is 1.38 bits per heavy atom. The van der Waals surface area contributed by atoms with Gasteiger partial charge in [0, 0.05) is 25.5 Å². The Labute approximate surface area is 82.5 Å². The topological polar surface area (TPSA) is 16.1 Å². The Bertz CT molecular complexity index is 299. The summed E-state index contributed by atoms with van der Waals surface area (Å²) in [6.45, 7) is 2.33. The molecule has 0 saturated carbocycles. The predicted molar refractivity (Wildman–Crippen MR) is 59.2 cm³/mol. The Morgan fingerprint density at radius 3 is 3.00 bits per heavy atom. The third-order valence-corrected chi connectivity index (χ3v) is 4.04. The standard InChI is InChI=1S/C10H16N2S/c1-13(2)12-6-4-9-7-11-5-3-10(9)8-12/h3,5,7,13H,4,6,8H2,1-2H3. The molecule has 2 heterocycles. The number of fused-ring (bicyclic) bond motifs is 1. The molecule has 0 N–H and O–H groups in total. The number of nitrogens with zero attached hydrogens (tertiary/aromatic N) is 2. The number of hydrogen-bond donors (Lipinski definition) is 1. The van der Waals surface area contributed by atoms with Gasteiger partial charge < -0.3 is 0 Å². The highest BCUT2D eigenvalue weighted by Gasteiger charge is 2.16. The van der Waals surface area contributed by atoms with Gasteiger partial charge in [0.15, 0.2) is 0 Å². The zero-order valence-electron chi connectivity index (χ0n) is 8.20. The number of rotatable bonds is 1. The fourth-order valence-electron chi connectivity index (χ4n) is 1.70. The SMILES string of the molecule is C[SH](C)N1CCc2cnccc2C1. The van der Waals surface area contributed by atoms with Crippen LogP contribution in [0, 0.1) is 0 Å². The third kappa shape index (κ3) is 1.86. The smallest absolute Gasteiger partial charge is 0.0326 e. The molecule has 3 heteroatoms. The van der Waals surface area contributed by atoms with Crippen LogP contribution in [0.1, 0.15) is 11.1 Å². The summed E-state index contributed by atoms with van der Waals surface area (Å²) in [5.74, 6) is 0. The molecule has 2 rings (SSSR count). The second kappa shape index (κ2) is 3.68. The van der Waals surface area contributed by atoms with Crippen LogP contribution in [0.5, 0.6) is 0 Å². The van der Waals surface area contributed by atoms with E-state index in [4.69, 9.17) is 0 Å². The van der Waals surface area contributed by atoms with E-state index in [2.05, 4.69) is 27.9 Å². The van der Waals surface area contributed by atoms with Crippen molar-refractivity contribution in [1.82, 2.24) is 9.29 Å². The van der Waals surface area contributed by atoms with Crippen molar-refractivity contribution >= 4 is 11.1 Å². The summed E-state index contributed by atoms with van der Waals surface area (Å²) in [7, 11) is 0. The van der Waals surface area contributed by atoms with E-state index >= 15 is 0 Å². The quantitative estimate of drug-likeness (QED) is 0.687. The van der Waals surface area contributed by atoms with E-state index in [1.54, 1.807) is 0 Å². The van der Waals surface area contributed by atoms with Crippen LogP contribution in [0.15, 0.2) is 18.5 Å². The molecular weight excluding hydrogens is 180 g/mol. The molecule has 0 spiro atoms. The highest BCUT2D eigenvalue weighted by Crippen LogP contribution is 2.28. The summed E-state index contributed by atoms with van der Waals surface area (Å²) < 4.78 is 2.57. The van der Waals surface area contributed by atoms with E-state index in [9.17, 15) is 0 Å². The molecule has 0 radical (unpaired) electrons. The Morgan fingerprint density at radius 2 is 2.23 bits per heavy atom. The number of thiol groups is 1. The molecule has 72 valence electrons. The van der Waals surface area contributed by atoms with Crippen molar-refractivity contribution in [2.24, 2.45) is 0 Å². The fraction of sp³-hybridized carbons (Fsp3) is 0.500. The summed E-state index contributed by atoms with van der Waals surface area (Å²) in [5.41, 5.74) is 2.91. The normalized spacial score (nSPS) is 18.2. The average Bonchev–Trinajstić information content (AvgIpc) is 2.17. The van der Waals surface area contributed by atoms with Crippen molar-refractivity contribution in [1.29, 1.82) is 0 Å². The molecule has 0 saturated heterocycles. The van der Waals surface area contributed by atoms with Crippen molar-refractivity contribution < 1.29 is 0 Å². The van der Waals surface area contributed by atoms with E-state index in [1.165, 1.54) is 24.1 Å². The first-order chi connectivity index (χ1) is 6.27. The zero-order valence-corrected chi connectivity index (χ0v) is 9.09. The summed E-state index contributed by atoms with van der Waals surface area (Å²) in [4.78, 5) is 4.15. The van der Waals surface area contributed by atoms with E-state index < -0.39 is 0 Å². The second-order valence-corrected chi connectivity index (χ2v) is 5.89. The first-order valence-corrected chi connectivity index (χ1v) is 6.80. The summed E-state index contributed by atoms with van der Waals surface area (Å²) in [6.07, 6.45) is 9.73. The molecule has 13 heavy (non-hydrogen) atoms. The van der Waals surface area contributed by atoms with Crippen LogP contribution < -0.4 is 0 Å². The lowest BCUT2D eigenvalue weighted by Crippen LogP contribution is -2.27.